The van der Waals surface area contributed by atoms with Crippen LogP contribution in [0.25, 0.3) is 5.82 Å². The van der Waals surface area contributed by atoms with E-state index in [2.05, 4.69) is 64.0 Å². The summed E-state index contributed by atoms with van der Waals surface area (Å²) in [6.07, 6.45) is 9.95. The molecule has 6 heteroatoms. The van der Waals surface area contributed by atoms with E-state index in [1.807, 2.05) is 30.3 Å². The molecule has 1 fully saturated rings. The lowest BCUT2D eigenvalue weighted by atomic mass is 9.73. The Morgan fingerprint density at radius 1 is 0.972 bits per heavy atom. The van der Waals surface area contributed by atoms with Crippen molar-refractivity contribution in [2.75, 3.05) is 33.3 Å². The Hall–Kier alpha value is -3.12. The number of para-hydroxylation sites is 1. The predicted octanol–water partition coefficient (Wildman–Crippen LogP) is 5.03. The van der Waals surface area contributed by atoms with Gasteiger partial charge in [0.05, 0.1) is 12.0 Å². The number of fused-ring (bicyclic) bond motifs is 1. The lowest BCUT2D eigenvalue weighted by Gasteiger charge is -2.43. The minimum absolute atomic E-state index is 0.259. The molecule has 0 saturated carbocycles. The summed E-state index contributed by atoms with van der Waals surface area (Å²) in [7, 11) is 1.94. The maximum Gasteiger partial charge on any atom is 0.228 e. The SMILES string of the molecule is Cc1ccc(-n2cccc2CN2CCC3(CCCCc4ccccc4OCCN(C)C3=O)CC2)nc1. The lowest BCUT2D eigenvalue weighted by molar-refractivity contribution is -0.145. The summed E-state index contributed by atoms with van der Waals surface area (Å²) in [5.41, 5.74) is 3.42. The number of aromatic nitrogens is 2. The van der Waals surface area contributed by atoms with Gasteiger partial charge in [0.25, 0.3) is 0 Å². The molecule has 2 aliphatic rings. The van der Waals surface area contributed by atoms with Gasteiger partial charge in [-0.25, -0.2) is 4.98 Å². The van der Waals surface area contributed by atoms with Crippen LogP contribution >= 0.6 is 0 Å². The van der Waals surface area contributed by atoms with E-state index in [1.54, 1.807) is 0 Å². The number of ether oxygens (including phenoxy) is 1. The Bertz CT molecular complexity index is 1160. The predicted molar refractivity (Wildman–Crippen MR) is 142 cm³/mol. The monoisotopic (exact) mass is 486 g/mol. The molecule has 6 nitrogen and oxygen atoms in total. The highest BCUT2D eigenvalue weighted by Crippen LogP contribution is 2.39. The number of hydrogen-bond acceptors (Lipinski definition) is 4. The van der Waals surface area contributed by atoms with Crippen molar-refractivity contribution in [1.82, 2.24) is 19.4 Å². The molecule has 2 aromatic heterocycles. The first-order chi connectivity index (χ1) is 17.5. The van der Waals surface area contributed by atoms with Gasteiger partial charge in [0.1, 0.15) is 18.2 Å². The molecule has 0 N–H and O–H groups in total. The molecule has 0 radical (unpaired) electrons. The first-order valence-electron chi connectivity index (χ1n) is 13.3. The van der Waals surface area contributed by atoms with Gasteiger partial charge in [-0.3, -0.25) is 9.69 Å². The van der Waals surface area contributed by atoms with Crippen molar-refractivity contribution in [1.29, 1.82) is 0 Å². The first kappa shape index (κ1) is 24.6. The van der Waals surface area contributed by atoms with Gasteiger partial charge in [0, 0.05) is 31.7 Å². The highest BCUT2D eigenvalue weighted by molar-refractivity contribution is 5.82. The Labute approximate surface area is 214 Å². The molecule has 1 aromatic carbocycles. The molecule has 3 aromatic rings. The van der Waals surface area contributed by atoms with Crippen LogP contribution < -0.4 is 4.74 Å². The summed E-state index contributed by atoms with van der Waals surface area (Å²) in [5, 5.41) is 0. The molecule has 1 amide bonds. The average Bonchev–Trinajstić information content (AvgIpc) is 3.36. The fraction of sp³-hybridized carbons (Fsp3) is 0.467. The Kier molecular flexibility index (Phi) is 7.42. The Balaban J connectivity index is 1.25. The second-order valence-electron chi connectivity index (χ2n) is 10.5. The van der Waals surface area contributed by atoms with Gasteiger partial charge in [-0.1, -0.05) is 30.7 Å². The molecular formula is C30H38N4O2. The van der Waals surface area contributed by atoms with Crippen LogP contribution in [-0.2, 0) is 17.8 Å². The van der Waals surface area contributed by atoms with Gasteiger partial charge in [-0.05, 0) is 87.5 Å². The summed E-state index contributed by atoms with van der Waals surface area (Å²) in [4.78, 5) is 22.7. The summed E-state index contributed by atoms with van der Waals surface area (Å²) in [6.45, 7) is 5.95. The number of carbonyl (C=O) groups is 1. The minimum atomic E-state index is -0.259. The normalized spacial score (nSPS) is 19.3. The number of amides is 1. The molecule has 0 aliphatic carbocycles. The van der Waals surface area contributed by atoms with E-state index < -0.39 is 0 Å². The van der Waals surface area contributed by atoms with Crippen LogP contribution in [0, 0.1) is 12.3 Å². The fourth-order valence-corrected chi connectivity index (χ4v) is 5.74. The van der Waals surface area contributed by atoms with Crippen LogP contribution in [0.5, 0.6) is 5.75 Å². The summed E-state index contributed by atoms with van der Waals surface area (Å²) < 4.78 is 8.25. The van der Waals surface area contributed by atoms with Gasteiger partial charge < -0.3 is 14.2 Å². The zero-order valence-electron chi connectivity index (χ0n) is 21.7. The highest BCUT2D eigenvalue weighted by Gasteiger charge is 2.42. The Morgan fingerprint density at radius 2 is 1.81 bits per heavy atom. The molecule has 0 unspecified atom stereocenters. The second-order valence-corrected chi connectivity index (χ2v) is 10.5. The number of aryl methyl sites for hydroxylation is 2. The van der Waals surface area contributed by atoms with Crippen LogP contribution in [0.1, 0.15) is 48.9 Å². The Morgan fingerprint density at radius 3 is 2.61 bits per heavy atom. The van der Waals surface area contributed by atoms with Crippen molar-refractivity contribution < 1.29 is 9.53 Å². The number of carbonyl (C=O) groups excluding carboxylic acids is 1. The summed E-state index contributed by atoms with van der Waals surface area (Å²) >= 11 is 0. The van der Waals surface area contributed by atoms with Crippen molar-refractivity contribution in [3.63, 3.8) is 0 Å². The number of hydrogen-bond donors (Lipinski definition) is 0. The van der Waals surface area contributed by atoms with Crippen molar-refractivity contribution in [3.05, 3.63) is 77.7 Å². The molecule has 0 atom stereocenters. The van der Waals surface area contributed by atoms with Crippen LogP contribution in [-0.4, -0.2) is 58.5 Å². The summed E-state index contributed by atoms with van der Waals surface area (Å²) in [6, 6.07) is 16.8. The van der Waals surface area contributed by atoms with E-state index in [9.17, 15) is 4.79 Å². The third kappa shape index (κ3) is 5.34. The van der Waals surface area contributed by atoms with Gasteiger partial charge >= 0.3 is 0 Å². The summed E-state index contributed by atoms with van der Waals surface area (Å²) in [5.74, 6) is 2.22. The molecule has 190 valence electrons. The molecule has 1 spiro atoms. The zero-order valence-corrected chi connectivity index (χ0v) is 21.7. The molecule has 2 aliphatic heterocycles. The maximum absolute atomic E-state index is 13.7. The van der Waals surface area contributed by atoms with E-state index in [4.69, 9.17) is 4.74 Å². The average molecular weight is 487 g/mol. The number of benzene rings is 1. The van der Waals surface area contributed by atoms with E-state index in [0.29, 0.717) is 19.1 Å². The van der Waals surface area contributed by atoms with Crippen molar-refractivity contribution in [3.8, 4) is 11.6 Å². The number of likely N-dealkylation sites (N-methyl/N-ethyl adjacent to an activating group) is 1. The standard InChI is InChI=1S/C30H38N4O2/c1-24-12-13-28(31-22-24)34-17-7-10-26(34)23-33-18-15-30(16-19-33)14-6-5-9-25-8-3-4-11-27(25)36-21-20-32(2)29(30)35/h3-4,7-8,10-13,17,22H,5-6,9,14-16,18-21,23H2,1-2H3. The fourth-order valence-electron chi connectivity index (χ4n) is 5.74. The molecular weight excluding hydrogens is 448 g/mol. The van der Waals surface area contributed by atoms with Gasteiger partial charge in [0.2, 0.25) is 5.91 Å². The maximum atomic E-state index is 13.7. The molecule has 1 saturated heterocycles. The molecule has 36 heavy (non-hydrogen) atoms. The minimum Gasteiger partial charge on any atom is -0.491 e. The van der Waals surface area contributed by atoms with Gasteiger partial charge in [-0.2, -0.15) is 0 Å². The van der Waals surface area contributed by atoms with Crippen molar-refractivity contribution in [2.45, 2.75) is 52.0 Å². The molecule has 4 heterocycles. The van der Waals surface area contributed by atoms with Crippen molar-refractivity contribution >= 4 is 5.91 Å². The number of likely N-dealkylation sites (tertiary alicyclic amines) is 1. The molecule has 0 bridgehead atoms. The van der Waals surface area contributed by atoms with Crippen LogP contribution in [0.2, 0.25) is 0 Å². The number of nitrogens with zero attached hydrogens (tertiary/aromatic N) is 4. The van der Waals surface area contributed by atoms with Crippen molar-refractivity contribution in [2.24, 2.45) is 5.41 Å². The third-order valence-corrected chi connectivity index (χ3v) is 7.98. The number of piperidine rings is 1. The van der Waals surface area contributed by atoms with Crippen LogP contribution in [0.15, 0.2) is 60.9 Å². The number of pyridine rings is 1. The van der Waals surface area contributed by atoms with Crippen LogP contribution in [0.4, 0.5) is 0 Å². The van der Waals surface area contributed by atoms with E-state index >= 15 is 0 Å². The third-order valence-electron chi connectivity index (χ3n) is 7.98. The van der Waals surface area contributed by atoms with E-state index in [0.717, 1.165) is 75.3 Å². The zero-order chi connectivity index (χ0) is 25.0. The van der Waals surface area contributed by atoms with E-state index in [1.165, 1.54) is 11.3 Å². The topological polar surface area (TPSA) is 50.6 Å². The van der Waals surface area contributed by atoms with Gasteiger partial charge in [0.15, 0.2) is 0 Å². The second kappa shape index (κ2) is 10.9. The van der Waals surface area contributed by atoms with E-state index in [-0.39, 0.29) is 5.41 Å². The van der Waals surface area contributed by atoms with Gasteiger partial charge in [-0.15, -0.1) is 0 Å². The largest absolute Gasteiger partial charge is 0.491 e. The quantitative estimate of drug-likeness (QED) is 0.521. The number of rotatable bonds is 3. The highest BCUT2D eigenvalue weighted by atomic mass is 16.5. The molecule has 5 rings (SSSR count). The first-order valence-corrected chi connectivity index (χ1v) is 13.3. The smallest absolute Gasteiger partial charge is 0.228 e. The lowest BCUT2D eigenvalue weighted by Crippen LogP contribution is -2.50. The van der Waals surface area contributed by atoms with Crippen LogP contribution in [0.3, 0.4) is 0 Å².